The molecule has 1 aromatic carbocycles. The topological polar surface area (TPSA) is 56.3 Å². The minimum Gasteiger partial charge on any atom is -0.493 e. The molecule has 5 heteroatoms. The predicted octanol–water partition coefficient (Wildman–Crippen LogP) is 2.22. The van der Waals surface area contributed by atoms with Crippen molar-refractivity contribution in [3.05, 3.63) is 18.5 Å². The molecular formula is C13H15N3O2. The maximum absolute atomic E-state index is 5.38. The molecule has 3 rings (SSSR count). The normalized spacial score (nSPS) is 14.6. The highest BCUT2D eigenvalue weighted by Crippen LogP contribution is 2.37. The van der Waals surface area contributed by atoms with Gasteiger partial charge in [0.1, 0.15) is 17.7 Å². The summed E-state index contributed by atoms with van der Waals surface area (Å²) in [7, 11) is 3.24. The Morgan fingerprint density at radius 2 is 2.00 bits per heavy atom. The van der Waals surface area contributed by atoms with E-state index >= 15 is 0 Å². The Bertz CT molecular complexity index is 582. The molecule has 0 unspecified atom stereocenters. The first-order valence-corrected chi connectivity index (χ1v) is 5.95. The smallest absolute Gasteiger partial charge is 0.187 e. The Balaban J connectivity index is 2.16. The first-order chi connectivity index (χ1) is 8.83. The molecule has 0 bridgehead atoms. The summed E-state index contributed by atoms with van der Waals surface area (Å²) in [6.07, 6.45) is 3.96. The molecular weight excluding hydrogens is 230 g/mol. The van der Waals surface area contributed by atoms with Gasteiger partial charge in [-0.25, -0.2) is 9.97 Å². The van der Waals surface area contributed by atoms with Gasteiger partial charge in [-0.05, 0) is 25.0 Å². The third-order valence-electron chi connectivity index (χ3n) is 3.07. The molecule has 0 saturated heterocycles. The second-order valence-corrected chi connectivity index (χ2v) is 4.34. The lowest BCUT2D eigenvalue weighted by Crippen LogP contribution is -2.04. The van der Waals surface area contributed by atoms with E-state index in [1.807, 2.05) is 12.1 Å². The molecule has 1 fully saturated rings. The van der Waals surface area contributed by atoms with E-state index in [1.165, 1.54) is 12.8 Å². The molecule has 94 valence electrons. The predicted molar refractivity (Wildman–Crippen MR) is 69.3 cm³/mol. The molecule has 0 atom stereocenters. The van der Waals surface area contributed by atoms with Crippen molar-refractivity contribution in [2.24, 2.45) is 0 Å². The van der Waals surface area contributed by atoms with E-state index in [9.17, 15) is 0 Å². The van der Waals surface area contributed by atoms with Gasteiger partial charge in [0.15, 0.2) is 11.5 Å². The molecule has 1 aromatic heterocycles. The number of fused-ring (bicyclic) bond motifs is 1. The summed E-state index contributed by atoms with van der Waals surface area (Å²) in [6, 6.07) is 4.39. The number of nitrogens with zero attached hydrogens (tertiary/aromatic N) is 2. The van der Waals surface area contributed by atoms with Crippen molar-refractivity contribution in [3.63, 3.8) is 0 Å². The number of aromatic nitrogens is 2. The first kappa shape index (κ1) is 11.1. The van der Waals surface area contributed by atoms with Crippen LogP contribution in [0.5, 0.6) is 11.5 Å². The largest absolute Gasteiger partial charge is 0.493 e. The number of nitrogens with one attached hydrogen (secondary N) is 1. The molecule has 5 nitrogen and oxygen atoms in total. The van der Waals surface area contributed by atoms with E-state index in [2.05, 4.69) is 15.3 Å². The second kappa shape index (κ2) is 4.33. The number of rotatable bonds is 4. The monoisotopic (exact) mass is 245 g/mol. The van der Waals surface area contributed by atoms with E-state index in [1.54, 1.807) is 20.5 Å². The lowest BCUT2D eigenvalue weighted by atomic mass is 10.2. The quantitative estimate of drug-likeness (QED) is 0.895. The van der Waals surface area contributed by atoms with Crippen LogP contribution in [0.3, 0.4) is 0 Å². The van der Waals surface area contributed by atoms with E-state index in [4.69, 9.17) is 9.47 Å². The van der Waals surface area contributed by atoms with Gasteiger partial charge < -0.3 is 14.8 Å². The summed E-state index contributed by atoms with van der Waals surface area (Å²) in [6.45, 7) is 0. The van der Waals surface area contributed by atoms with Gasteiger partial charge >= 0.3 is 0 Å². The summed E-state index contributed by atoms with van der Waals surface area (Å²) in [4.78, 5) is 8.59. The fourth-order valence-electron chi connectivity index (χ4n) is 1.98. The average molecular weight is 245 g/mol. The van der Waals surface area contributed by atoms with Crippen molar-refractivity contribution in [2.45, 2.75) is 18.9 Å². The van der Waals surface area contributed by atoms with Crippen LogP contribution in [0, 0.1) is 0 Å². The van der Waals surface area contributed by atoms with Crippen LogP contribution in [0.15, 0.2) is 18.5 Å². The first-order valence-electron chi connectivity index (χ1n) is 5.95. The van der Waals surface area contributed by atoms with E-state index in [0.29, 0.717) is 17.5 Å². The standard InChI is InChI=1S/C13H15N3O2/c1-17-10-6-5-9-11(12(10)18-2)14-7-15-13(9)16-8-3-4-8/h5-8H,3-4H2,1-2H3,(H,14,15,16). The highest BCUT2D eigenvalue weighted by atomic mass is 16.5. The Labute approximate surface area is 105 Å². The maximum Gasteiger partial charge on any atom is 0.187 e. The zero-order chi connectivity index (χ0) is 12.5. The molecule has 0 spiro atoms. The zero-order valence-electron chi connectivity index (χ0n) is 10.4. The summed E-state index contributed by atoms with van der Waals surface area (Å²) in [5, 5.41) is 4.36. The van der Waals surface area contributed by atoms with Crippen LogP contribution in [0.2, 0.25) is 0 Å². The molecule has 1 N–H and O–H groups in total. The number of hydrogen-bond acceptors (Lipinski definition) is 5. The van der Waals surface area contributed by atoms with Gasteiger partial charge in [-0.2, -0.15) is 0 Å². The van der Waals surface area contributed by atoms with Gasteiger partial charge in [0, 0.05) is 11.4 Å². The molecule has 1 heterocycles. The van der Waals surface area contributed by atoms with Gasteiger partial charge in [-0.3, -0.25) is 0 Å². The average Bonchev–Trinajstić information content (AvgIpc) is 3.21. The number of benzene rings is 1. The van der Waals surface area contributed by atoms with Gasteiger partial charge in [-0.1, -0.05) is 0 Å². The van der Waals surface area contributed by atoms with Crippen molar-refractivity contribution in [1.82, 2.24) is 9.97 Å². The van der Waals surface area contributed by atoms with E-state index < -0.39 is 0 Å². The van der Waals surface area contributed by atoms with Crippen molar-refractivity contribution in [3.8, 4) is 11.5 Å². The number of methoxy groups -OCH3 is 2. The minimum absolute atomic E-state index is 0.552. The Kier molecular flexibility index (Phi) is 2.66. The van der Waals surface area contributed by atoms with Crippen molar-refractivity contribution in [2.75, 3.05) is 19.5 Å². The van der Waals surface area contributed by atoms with Crippen LogP contribution in [-0.4, -0.2) is 30.2 Å². The molecule has 0 amide bonds. The molecule has 1 saturated carbocycles. The molecule has 1 aliphatic rings. The van der Waals surface area contributed by atoms with Crippen LogP contribution in [0.25, 0.3) is 10.9 Å². The lowest BCUT2D eigenvalue weighted by molar-refractivity contribution is 0.358. The molecule has 0 aliphatic heterocycles. The van der Waals surface area contributed by atoms with Gasteiger partial charge in [-0.15, -0.1) is 0 Å². The highest BCUT2D eigenvalue weighted by Gasteiger charge is 2.23. The van der Waals surface area contributed by atoms with Crippen molar-refractivity contribution >= 4 is 16.7 Å². The zero-order valence-corrected chi connectivity index (χ0v) is 10.4. The van der Waals surface area contributed by atoms with E-state index in [0.717, 1.165) is 16.7 Å². The van der Waals surface area contributed by atoms with Crippen LogP contribution in [0.1, 0.15) is 12.8 Å². The van der Waals surface area contributed by atoms with Gasteiger partial charge in [0.2, 0.25) is 0 Å². The van der Waals surface area contributed by atoms with Crippen molar-refractivity contribution < 1.29 is 9.47 Å². The summed E-state index contributed by atoms with van der Waals surface area (Å²) in [5.41, 5.74) is 0.773. The summed E-state index contributed by atoms with van der Waals surface area (Å²) in [5.74, 6) is 2.20. The van der Waals surface area contributed by atoms with Gasteiger partial charge in [0.25, 0.3) is 0 Å². The second-order valence-electron chi connectivity index (χ2n) is 4.34. The fourth-order valence-corrected chi connectivity index (χ4v) is 1.98. The van der Waals surface area contributed by atoms with Gasteiger partial charge in [0.05, 0.1) is 14.2 Å². The Morgan fingerprint density at radius 3 is 2.67 bits per heavy atom. The molecule has 1 aliphatic carbocycles. The highest BCUT2D eigenvalue weighted by molar-refractivity contribution is 5.94. The fraction of sp³-hybridized carbons (Fsp3) is 0.385. The lowest BCUT2D eigenvalue weighted by Gasteiger charge is -2.12. The molecule has 2 aromatic rings. The SMILES string of the molecule is COc1ccc2c(NC3CC3)ncnc2c1OC. The van der Waals surface area contributed by atoms with Crippen molar-refractivity contribution in [1.29, 1.82) is 0 Å². The third-order valence-corrected chi connectivity index (χ3v) is 3.07. The summed E-state index contributed by atoms with van der Waals surface area (Å²) < 4.78 is 10.7. The number of hydrogen-bond donors (Lipinski definition) is 1. The minimum atomic E-state index is 0.552. The van der Waals surface area contributed by atoms with E-state index in [-0.39, 0.29) is 0 Å². The number of anilines is 1. The van der Waals surface area contributed by atoms with Crippen LogP contribution in [0.4, 0.5) is 5.82 Å². The Morgan fingerprint density at radius 1 is 1.17 bits per heavy atom. The maximum atomic E-state index is 5.38. The third kappa shape index (κ3) is 1.81. The molecule has 0 radical (unpaired) electrons. The molecule has 18 heavy (non-hydrogen) atoms. The Hall–Kier alpha value is -2.04. The number of ether oxygens (including phenoxy) is 2. The summed E-state index contributed by atoms with van der Waals surface area (Å²) >= 11 is 0. The van der Waals surface area contributed by atoms with Crippen LogP contribution in [-0.2, 0) is 0 Å². The van der Waals surface area contributed by atoms with Crippen LogP contribution >= 0.6 is 0 Å². The van der Waals surface area contributed by atoms with Crippen LogP contribution < -0.4 is 14.8 Å².